The Balaban J connectivity index is 1.84. The lowest BCUT2D eigenvalue weighted by atomic mass is 10.0. The van der Waals surface area contributed by atoms with E-state index in [2.05, 4.69) is 0 Å². The van der Waals surface area contributed by atoms with Gasteiger partial charge in [0.25, 0.3) is 0 Å². The normalized spacial score (nSPS) is 12.2. The first-order valence-corrected chi connectivity index (χ1v) is 8.18. The highest BCUT2D eigenvalue weighted by atomic mass is 32.1. The van der Waals surface area contributed by atoms with E-state index in [4.69, 9.17) is 14.7 Å². The minimum Gasteiger partial charge on any atom is -0.454 e. The fourth-order valence-corrected chi connectivity index (χ4v) is 3.78. The van der Waals surface area contributed by atoms with Crippen molar-refractivity contribution in [3.63, 3.8) is 0 Å². The highest BCUT2D eigenvalue weighted by molar-refractivity contribution is 7.16. The molecule has 24 heavy (non-hydrogen) atoms. The number of benzene rings is 2. The quantitative estimate of drug-likeness (QED) is 0.651. The molecule has 0 amide bonds. The molecule has 2 heterocycles. The van der Waals surface area contributed by atoms with E-state index in [1.165, 1.54) is 12.1 Å². The molecule has 1 aromatic heterocycles. The van der Waals surface area contributed by atoms with Gasteiger partial charge in [0, 0.05) is 15.3 Å². The van der Waals surface area contributed by atoms with Gasteiger partial charge in [0.2, 0.25) is 6.79 Å². The third-order valence-electron chi connectivity index (χ3n) is 3.89. The maximum Gasteiger partial charge on any atom is 0.231 e. The van der Waals surface area contributed by atoms with E-state index >= 15 is 0 Å². The predicted octanol–water partition coefficient (Wildman–Crippen LogP) is 5.13. The van der Waals surface area contributed by atoms with Crippen LogP contribution in [0.4, 0.5) is 4.39 Å². The molecule has 1 aliphatic rings. The Labute approximate surface area is 142 Å². The van der Waals surface area contributed by atoms with Crippen LogP contribution in [-0.4, -0.2) is 6.79 Å². The summed E-state index contributed by atoms with van der Waals surface area (Å²) in [6.45, 7) is 2.25. The lowest BCUT2D eigenvalue weighted by Gasteiger charge is -2.06. The summed E-state index contributed by atoms with van der Waals surface area (Å²) in [5.74, 6) is 0.948. The largest absolute Gasteiger partial charge is 0.454 e. The first-order valence-electron chi connectivity index (χ1n) is 7.36. The Kier molecular flexibility index (Phi) is 3.47. The SMILES string of the molecule is Cc1cc(-c2ccc(C#N)c(F)c2)c(-c2ccc3c(c2)OCO3)s1. The number of rotatable bonds is 2. The third kappa shape index (κ3) is 2.41. The number of fused-ring (bicyclic) bond motifs is 1. The van der Waals surface area contributed by atoms with Gasteiger partial charge in [-0.1, -0.05) is 6.07 Å². The molecule has 0 N–H and O–H groups in total. The van der Waals surface area contributed by atoms with Crippen LogP contribution in [0.3, 0.4) is 0 Å². The summed E-state index contributed by atoms with van der Waals surface area (Å²) in [5, 5.41) is 8.89. The van der Waals surface area contributed by atoms with E-state index < -0.39 is 5.82 Å². The Bertz CT molecular complexity index is 959. The molecule has 0 saturated carbocycles. The Hall–Kier alpha value is -2.84. The zero-order valence-corrected chi connectivity index (χ0v) is 13.6. The highest BCUT2D eigenvalue weighted by Crippen LogP contribution is 2.43. The van der Waals surface area contributed by atoms with Crippen LogP contribution in [-0.2, 0) is 0 Å². The van der Waals surface area contributed by atoms with Crippen LogP contribution in [0.5, 0.6) is 11.5 Å². The standard InChI is InChI=1S/C19H12FNO2S/c1-11-6-15(12-2-3-14(9-21)16(20)7-12)19(24-11)13-4-5-17-18(8-13)23-10-22-17/h2-8H,10H2,1H3. The first kappa shape index (κ1) is 14.7. The van der Waals surface area contributed by atoms with Gasteiger partial charge in [-0.15, -0.1) is 11.3 Å². The van der Waals surface area contributed by atoms with Crippen molar-refractivity contribution in [1.29, 1.82) is 5.26 Å². The van der Waals surface area contributed by atoms with Gasteiger partial charge in [-0.3, -0.25) is 0 Å². The van der Waals surface area contributed by atoms with Crippen LogP contribution in [0.2, 0.25) is 0 Å². The fourth-order valence-electron chi connectivity index (χ4n) is 2.75. The van der Waals surface area contributed by atoms with Crippen molar-refractivity contribution in [3.8, 4) is 39.1 Å². The van der Waals surface area contributed by atoms with Gasteiger partial charge < -0.3 is 9.47 Å². The number of ether oxygens (including phenoxy) is 2. The molecule has 118 valence electrons. The minimum atomic E-state index is -0.504. The molecule has 2 aromatic carbocycles. The predicted molar refractivity (Wildman–Crippen MR) is 90.7 cm³/mol. The van der Waals surface area contributed by atoms with E-state index in [1.807, 2.05) is 37.3 Å². The fraction of sp³-hybridized carbons (Fsp3) is 0.105. The van der Waals surface area contributed by atoms with Gasteiger partial charge in [-0.05, 0) is 54.4 Å². The molecule has 5 heteroatoms. The number of halogens is 1. The van der Waals surface area contributed by atoms with Crippen LogP contribution in [0.25, 0.3) is 21.6 Å². The zero-order chi connectivity index (χ0) is 16.7. The summed E-state index contributed by atoms with van der Waals surface area (Å²) < 4.78 is 24.8. The lowest BCUT2D eigenvalue weighted by Crippen LogP contribution is -1.92. The first-order chi connectivity index (χ1) is 11.7. The molecule has 4 rings (SSSR count). The van der Waals surface area contributed by atoms with Gasteiger partial charge in [-0.25, -0.2) is 4.39 Å². The van der Waals surface area contributed by atoms with E-state index in [9.17, 15) is 4.39 Å². The minimum absolute atomic E-state index is 0.0512. The Morgan fingerprint density at radius 2 is 1.83 bits per heavy atom. The van der Waals surface area contributed by atoms with Crippen molar-refractivity contribution in [3.05, 3.63) is 58.7 Å². The maximum absolute atomic E-state index is 14.0. The van der Waals surface area contributed by atoms with Crippen LogP contribution in [0, 0.1) is 24.1 Å². The molecule has 3 aromatic rings. The highest BCUT2D eigenvalue weighted by Gasteiger charge is 2.18. The Morgan fingerprint density at radius 3 is 2.62 bits per heavy atom. The van der Waals surface area contributed by atoms with Crippen LogP contribution in [0.1, 0.15) is 10.4 Å². The molecule has 0 unspecified atom stereocenters. The number of thiophene rings is 1. The number of aryl methyl sites for hydroxylation is 1. The average molecular weight is 337 g/mol. The van der Waals surface area contributed by atoms with Gasteiger partial charge in [0.15, 0.2) is 11.5 Å². The maximum atomic E-state index is 14.0. The van der Waals surface area contributed by atoms with Crippen LogP contribution >= 0.6 is 11.3 Å². The smallest absolute Gasteiger partial charge is 0.231 e. The lowest BCUT2D eigenvalue weighted by molar-refractivity contribution is 0.174. The second-order valence-electron chi connectivity index (χ2n) is 5.47. The van der Waals surface area contributed by atoms with Crippen molar-refractivity contribution in [2.45, 2.75) is 6.92 Å². The number of nitriles is 1. The summed E-state index contributed by atoms with van der Waals surface area (Å²) in [7, 11) is 0. The number of hydrogen-bond acceptors (Lipinski definition) is 4. The van der Waals surface area contributed by atoms with Crippen molar-refractivity contribution in [2.24, 2.45) is 0 Å². The molecular formula is C19H12FNO2S. The van der Waals surface area contributed by atoms with E-state index in [0.717, 1.165) is 37.9 Å². The summed E-state index contributed by atoms with van der Waals surface area (Å²) in [4.78, 5) is 2.16. The second-order valence-corrected chi connectivity index (χ2v) is 6.73. The average Bonchev–Trinajstić information content (AvgIpc) is 3.20. The monoisotopic (exact) mass is 337 g/mol. The van der Waals surface area contributed by atoms with Crippen molar-refractivity contribution in [2.75, 3.05) is 6.79 Å². The summed E-state index contributed by atoms with van der Waals surface area (Å²) >= 11 is 1.64. The molecule has 0 radical (unpaired) electrons. The molecule has 0 saturated heterocycles. The van der Waals surface area contributed by atoms with E-state index in [0.29, 0.717) is 0 Å². The molecule has 0 aliphatic carbocycles. The van der Waals surface area contributed by atoms with Crippen LogP contribution < -0.4 is 9.47 Å². The van der Waals surface area contributed by atoms with Crippen LogP contribution in [0.15, 0.2) is 42.5 Å². The topological polar surface area (TPSA) is 42.2 Å². The molecule has 3 nitrogen and oxygen atoms in total. The third-order valence-corrected chi connectivity index (χ3v) is 4.99. The van der Waals surface area contributed by atoms with Crippen molar-refractivity contribution >= 4 is 11.3 Å². The molecular weight excluding hydrogens is 325 g/mol. The molecule has 0 spiro atoms. The Morgan fingerprint density at radius 1 is 1.04 bits per heavy atom. The zero-order valence-electron chi connectivity index (χ0n) is 12.8. The molecule has 0 bridgehead atoms. The van der Waals surface area contributed by atoms with Gasteiger partial charge >= 0.3 is 0 Å². The summed E-state index contributed by atoms with van der Waals surface area (Å²) in [6.07, 6.45) is 0. The second kappa shape index (κ2) is 5.66. The summed E-state index contributed by atoms with van der Waals surface area (Å²) in [5.41, 5.74) is 2.75. The molecule has 0 fully saturated rings. The van der Waals surface area contributed by atoms with E-state index in [-0.39, 0.29) is 12.4 Å². The van der Waals surface area contributed by atoms with Crippen molar-refractivity contribution < 1.29 is 13.9 Å². The van der Waals surface area contributed by atoms with E-state index in [1.54, 1.807) is 17.4 Å². The number of nitrogens with zero attached hydrogens (tertiary/aromatic N) is 1. The van der Waals surface area contributed by atoms with Gasteiger partial charge in [-0.2, -0.15) is 5.26 Å². The van der Waals surface area contributed by atoms with Crippen molar-refractivity contribution in [1.82, 2.24) is 0 Å². The van der Waals surface area contributed by atoms with Gasteiger partial charge in [0.1, 0.15) is 11.9 Å². The summed E-state index contributed by atoms with van der Waals surface area (Å²) in [6, 6.07) is 14.4. The molecule has 1 aliphatic heterocycles. The van der Waals surface area contributed by atoms with Gasteiger partial charge in [0.05, 0.1) is 5.56 Å². The number of hydrogen-bond donors (Lipinski definition) is 0. The molecule has 0 atom stereocenters.